The molecule has 3 rings (SSSR count). The van der Waals surface area contributed by atoms with Crippen molar-refractivity contribution in [2.75, 3.05) is 6.54 Å². The lowest BCUT2D eigenvalue weighted by atomic mass is 10.1. The molecule has 1 aromatic carbocycles. The maximum atomic E-state index is 12.7. The zero-order valence-electron chi connectivity index (χ0n) is 17.7. The van der Waals surface area contributed by atoms with E-state index < -0.39 is 23.5 Å². The molecule has 0 bridgehead atoms. The van der Waals surface area contributed by atoms with Gasteiger partial charge in [-0.3, -0.25) is 4.79 Å². The summed E-state index contributed by atoms with van der Waals surface area (Å²) in [6, 6.07) is 6.83. The van der Waals surface area contributed by atoms with Gasteiger partial charge in [0.2, 0.25) is 5.91 Å². The number of carbonyl (C=O) groups is 1. The molecule has 0 aliphatic carbocycles. The van der Waals surface area contributed by atoms with E-state index in [1.807, 2.05) is 0 Å². The summed E-state index contributed by atoms with van der Waals surface area (Å²) >= 11 is 0. The molecule has 0 saturated heterocycles. The number of aryl methyl sites for hydroxylation is 1. The van der Waals surface area contributed by atoms with Gasteiger partial charge < -0.3 is 5.32 Å². The topological polar surface area (TPSA) is 59.8 Å². The van der Waals surface area contributed by atoms with Crippen molar-refractivity contribution in [3.63, 3.8) is 0 Å². The number of carbonyl (C=O) groups excluding carboxylic acids is 1. The molecular formula is C22H20F6N4O. The average Bonchev–Trinajstić information content (AvgIpc) is 3.01. The zero-order valence-corrected chi connectivity index (χ0v) is 17.7. The Bertz CT molecular complexity index is 1120. The summed E-state index contributed by atoms with van der Waals surface area (Å²) < 4.78 is 77.4. The molecule has 0 atom stereocenters. The summed E-state index contributed by atoms with van der Waals surface area (Å²) in [6.07, 6.45) is -7.83. The van der Waals surface area contributed by atoms with Crippen LogP contribution in [0.1, 0.15) is 33.6 Å². The fourth-order valence-electron chi connectivity index (χ4n) is 3.26. The Morgan fingerprint density at radius 2 is 1.55 bits per heavy atom. The molecule has 0 radical (unpaired) electrons. The van der Waals surface area contributed by atoms with Crippen LogP contribution in [0.25, 0.3) is 5.82 Å². The van der Waals surface area contributed by atoms with E-state index in [4.69, 9.17) is 0 Å². The lowest BCUT2D eigenvalue weighted by Gasteiger charge is -2.09. The highest BCUT2D eigenvalue weighted by Gasteiger charge is 2.31. The van der Waals surface area contributed by atoms with E-state index in [1.165, 1.54) is 22.9 Å². The van der Waals surface area contributed by atoms with Crippen LogP contribution in [0.4, 0.5) is 26.3 Å². The molecule has 5 nitrogen and oxygen atoms in total. The molecule has 1 N–H and O–H groups in total. The summed E-state index contributed by atoms with van der Waals surface area (Å²) in [5.74, 6) is -0.120. The Morgan fingerprint density at radius 3 is 2.09 bits per heavy atom. The number of alkyl halides is 6. The van der Waals surface area contributed by atoms with E-state index in [-0.39, 0.29) is 24.7 Å². The van der Waals surface area contributed by atoms with Crippen LogP contribution in [0, 0.1) is 13.8 Å². The molecule has 33 heavy (non-hydrogen) atoms. The minimum Gasteiger partial charge on any atom is -0.355 e. The highest BCUT2D eigenvalue weighted by Crippen LogP contribution is 2.30. The largest absolute Gasteiger partial charge is 0.417 e. The maximum Gasteiger partial charge on any atom is 0.417 e. The number of hydrogen-bond acceptors (Lipinski definition) is 3. The fourth-order valence-corrected chi connectivity index (χ4v) is 3.26. The van der Waals surface area contributed by atoms with Gasteiger partial charge >= 0.3 is 12.4 Å². The van der Waals surface area contributed by atoms with E-state index in [9.17, 15) is 31.1 Å². The standard InChI is InChI=1S/C22H20F6N4O/c1-13-18(14(2)32(31-13)19-8-7-17(12-30-19)22(26,27)28)11-20(33)29-10-9-15-3-5-16(6-4-15)21(23,24)25/h3-8,12H,9-11H2,1-2H3,(H,29,33). The first-order chi connectivity index (χ1) is 15.4. The van der Waals surface area contributed by atoms with Gasteiger partial charge in [-0.2, -0.15) is 31.4 Å². The van der Waals surface area contributed by atoms with Crippen molar-refractivity contribution in [1.82, 2.24) is 20.1 Å². The van der Waals surface area contributed by atoms with Crippen LogP contribution in [-0.2, 0) is 30.0 Å². The second-order valence-corrected chi connectivity index (χ2v) is 7.44. The van der Waals surface area contributed by atoms with Gasteiger partial charge in [-0.25, -0.2) is 9.67 Å². The number of nitrogens with one attached hydrogen (secondary N) is 1. The first-order valence-electron chi connectivity index (χ1n) is 9.88. The van der Waals surface area contributed by atoms with Gasteiger partial charge in [0.25, 0.3) is 0 Å². The minimum atomic E-state index is -4.50. The smallest absolute Gasteiger partial charge is 0.355 e. The van der Waals surface area contributed by atoms with Crippen molar-refractivity contribution < 1.29 is 31.1 Å². The molecule has 0 spiro atoms. The van der Waals surface area contributed by atoms with Crippen LogP contribution < -0.4 is 5.32 Å². The van der Waals surface area contributed by atoms with Gasteiger partial charge in [0.15, 0.2) is 5.82 Å². The van der Waals surface area contributed by atoms with Gasteiger partial charge in [0.05, 0.1) is 23.2 Å². The highest BCUT2D eigenvalue weighted by atomic mass is 19.4. The third-order valence-corrected chi connectivity index (χ3v) is 5.09. The van der Waals surface area contributed by atoms with Crippen molar-refractivity contribution in [3.8, 4) is 5.82 Å². The number of hydrogen-bond donors (Lipinski definition) is 1. The van der Waals surface area contributed by atoms with Crippen LogP contribution in [0.3, 0.4) is 0 Å². The second kappa shape index (κ2) is 9.24. The number of pyridine rings is 1. The molecule has 2 aromatic heterocycles. The van der Waals surface area contributed by atoms with Crippen molar-refractivity contribution >= 4 is 5.91 Å². The lowest BCUT2D eigenvalue weighted by molar-refractivity contribution is -0.138. The van der Waals surface area contributed by atoms with Crippen molar-refractivity contribution in [2.45, 2.75) is 39.0 Å². The maximum absolute atomic E-state index is 12.7. The Labute approximate surface area is 185 Å². The van der Waals surface area contributed by atoms with Gasteiger partial charge in [-0.1, -0.05) is 12.1 Å². The van der Waals surface area contributed by atoms with E-state index in [2.05, 4.69) is 15.4 Å². The summed E-state index contributed by atoms with van der Waals surface area (Å²) in [5, 5.41) is 7.00. The Morgan fingerprint density at radius 1 is 0.939 bits per heavy atom. The quantitative estimate of drug-likeness (QED) is 0.526. The number of rotatable bonds is 6. The molecule has 0 saturated carbocycles. The number of halogens is 6. The van der Waals surface area contributed by atoms with E-state index >= 15 is 0 Å². The van der Waals surface area contributed by atoms with Crippen molar-refractivity contribution in [2.24, 2.45) is 0 Å². The van der Waals surface area contributed by atoms with E-state index in [0.717, 1.165) is 24.4 Å². The van der Waals surface area contributed by atoms with Crippen molar-refractivity contribution in [1.29, 1.82) is 0 Å². The molecular weight excluding hydrogens is 450 g/mol. The number of benzene rings is 1. The summed E-state index contributed by atoms with van der Waals surface area (Å²) in [7, 11) is 0. The van der Waals surface area contributed by atoms with Crippen molar-refractivity contribution in [3.05, 3.63) is 76.2 Å². The summed E-state index contributed by atoms with van der Waals surface area (Å²) in [5.41, 5.74) is 0.756. The predicted octanol–water partition coefficient (Wildman–Crippen LogP) is 4.82. The molecule has 2 heterocycles. The lowest BCUT2D eigenvalue weighted by Crippen LogP contribution is -2.27. The van der Waals surface area contributed by atoms with E-state index in [0.29, 0.717) is 28.9 Å². The van der Waals surface area contributed by atoms with E-state index in [1.54, 1.807) is 13.8 Å². The van der Waals surface area contributed by atoms with Gasteiger partial charge in [0.1, 0.15) is 0 Å². The number of amides is 1. The molecule has 1 amide bonds. The zero-order chi connectivity index (χ0) is 24.4. The Balaban J connectivity index is 1.61. The van der Waals surface area contributed by atoms with Gasteiger partial charge in [-0.15, -0.1) is 0 Å². The first-order valence-corrected chi connectivity index (χ1v) is 9.88. The molecule has 0 unspecified atom stereocenters. The number of aromatic nitrogens is 3. The van der Waals surface area contributed by atoms with Crippen LogP contribution in [0.2, 0.25) is 0 Å². The average molecular weight is 470 g/mol. The third kappa shape index (κ3) is 5.91. The third-order valence-electron chi connectivity index (χ3n) is 5.09. The van der Waals surface area contributed by atoms with Crippen LogP contribution in [0.5, 0.6) is 0 Å². The highest BCUT2D eigenvalue weighted by molar-refractivity contribution is 5.79. The predicted molar refractivity (Wildman–Crippen MR) is 108 cm³/mol. The summed E-state index contributed by atoms with van der Waals surface area (Å²) in [6.45, 7) is 3.60. The normalized spacial score (nSPS) is 12.1. The van der Waals surface area contributed by atoms with Crippen LogP contribution in [0.15, 0.2) is 42.6 Å². The Kier molecular flexibility index (Phi) is 6.80. The first kappa shape index (κ1) is 24.3. The molecule has 0 aliphatic heterocycles. The van der Waals surface area contributed by atoms with Crippen LogP contribution >= 0.6 is 0 Å². The molecule has 176 valence electrons. The van der Waals surface area contributed by atoms with Crippen LogP contribution in [-0.4, -0.2) is 27.2 Å². The minimum absolute atomic E-state index is 0.00862. The van der Waals surface area contributed by atoms with Gasteiger partial charge in [0, 0.05) is 24.0 Å². The monoisotopic (exact) mass is 470 g/mol. The summed E-state index contributed by atoms with van der Waals surface area (Å²) in [4.78, 5) is 16.2. The van der Waals surface area contributed by atoms with Gasteiger partial charge in [-0.05, 0) is 50.1 Å². The SMILES string of the molecule is Cc1nn(-c2ccc(C(F)(F)F)cn2)c(C)c1CC(=O)NCCc1ccc(C(F)(F)F)cc1. The molecule has 3 aromatic rings. The Hall–Kier alpha value is -3.37. The number of nitrogens with zero attached hydrogens (tertiary/aromatic N) is 3. The second-order valence-electron chi connectivity index (χ2n) is 7.44. The fraction of sp³-hybridized carbons (Fsp3) is 0.318. The molecule has 0 fully saturated rings. The molecule has 0 aliphatic rings. The molecule has 11 heteroatoms.